The van der Waals surface area contributed by atoms with Crippen LogP contribution in [0.5, 0.6) is 0 Å². The van der Waals surface area contributed by atoms with E-state index in [9.17, 15) is 18.4 Å². The van der Waals surface area contributed by atoms with Gasteiger partial charge in [-0.15, -0.1) is 10.2 Å². The fourth-order valence-corrected chi connectivity index (χ4v) is 4.16. The molecule has 4 aromatic rings. The molecule has 7 nitrogen and oxygen atoms in total. The van der Waals surface area contributed by atoms with E-state index in [-0.39, 0.29) is 16.4 Å². The second-order valence-electron chi connectivity index (χ2n) is 5.74. The second kappa shape index (κ2) is 8.05. The summed E-state index contributed by atoms with van der Waals surface area (Å²) in [7, 11) is 0. The molecule has 0 aliphatic heterocycles. The third-order valence-corrected chi connectivity index (χ3v) is 5.80. The average Bonchev–Trinajstić information content (AvgIpc) is 3.13. The molecule has 146 valence electrons. The van der Waals surface area contributed by atoms with Crippen molar-refractivity contribution in [3.63, 3.8) is 0 Å². The van der Waals surface area contributed by atoms with Crippen LogP contribution >= 0.6 is 23.1 Å². The molecule has 2 aromatic heterocycles. The molecular formula is C18H11F2N5O2S2. The van der Waals surface area contributed by atoms with Gasteiger partial charge in [-0.3, -0.25) is 14.9 Å². The minimum atomic E-state index is -0.969. The zero-order valence-electron chi connectivity index (χ0n) is 14.5. The predicted molar refractivity (Wildman–Crippen MR) is 106 cm³/mol. The normalized spacial score (nSPS) is 11.0. The molecule has 4 rings (SSSR count). The molecule has 0 saturated carbocycles. The Labute approximate surface area is 170 Å². The Hall–Kier alpha value is -3.18. The van der Waals surface area contributed by atoms with Crippen molar-refractivity contribution in [1.29, 1.82) is 0 Å². The standard InChI is InChI=1S/C18H11F2N5O2S2/c19-9-4-3-5-10(20)14(9)16(27)23-17-24-25-18(29-17)28-8-13-15(26)22-12-7-2-1-6-11(12)21-13/h1-7H,8H2,(H,22,26)(H,23,24,27). The predicted octanol–water partition coefficient (Wildman–Crippen LogP) is 3.60. The van der Waals surface area contributed by atoms with Crippen molar-refractivity contribution in [2.24, 2.45) is 0 Å². The third kappa shape index (κ3) is 4.15. The molecule has 29 heavy (non-hydrogen) atoms. The van der Waals surface area contributed by atoms with Crippen molar-refractivity contribution >= 4 is 45.2 Å². The van der Waals surface area contributed by atoms with Gasteiger partial charge in [0, 0.05) is 5.75 Å². The van der Waals surface area contributed by atoms with Crippen LogP contribution in [0.3, 0.4) is 0 Å². The zero-order valence-corrected chi connectivity index (χ0v) is 16.1. The van der Waals surface area contributed by atoms with Crippen molar-refractivity contribution in [3.05, 3.63) is 75.7 Å². The van der Waals surface area contributed by atoms with Gasteiger partial charge in [0.1, 0.15) is 22.9 Å². The van der Waals surface area contributed by atoms with E-state index >= 15 is 0 Å². The number of hydrogen-bond acceptors (Lipinski definition) is 7. The first-order chi connectivity index (χ1) is 14.0. The lowest BCUT2D eigenvalue weighted by molar-refractivity contribution is 0.101. The van der Waals surface area contributed by atoms with Gasteiger partial charge in [0.05, 0.1) is 11.0 Å². The molecule has 2 aromatic carbocycles. The zero-order chi connectivity index (χ0) is 20.4. The molecule has 0 atom stereocenters. The maximum absolute atomic E-state index is 13.7. The Bertz CT molecular complexity index is 1250. The number of halogens is 2. The van der Waals surface area contributed by atoms with Crippen LogP contribution in [-0.2, 0) is 5.75 Å². The number of nitrogens with one attached hydrogen (secondary N) is 2. The highest BCUT2D eigenvalue weighted by molar-refractivity contribution is 8.00. The molecule has 0 fully saturated rings. The van der Waals surface area contributed by atoms with Crippen LogP contribution < -0.4 is 10.9 Å². The number of aromatic nitrogens is 4. The molecule has 2 N–H and O–H groups in total. The molecular weight excluding hydrogens is 420 g/mol. The largest absolute Gasteiger partial charge is 0.319 e. The number of benzene rings is 2. The number of H-pyrrole nitrogens is 1. The van der Waals surface area contributed by atoms with E-state index in [0.717, 1.165) is 23.5 Å². The lowest BCUT2D eigenvalue weighted by Gasteiger charge is -2.03. The summed E-state index contributed by atoms with van der Waals surface area (Å²) in [4.78, 5) is 31.3. The van der Waals surface area contributed by atoms with Crippen molar-refractivity contribution in [1.82, 2.24) is 20.2 Å². The van der Waals surface area contributed by atoms with Crippen LogP contribution in [0.15, 0.2) is 51.6 Å². The van der Waals surface area contributed by atoms with Crippen LogP contribution in [0.2, 0.25) is 0 Å². The first-order valence-corrected chi connectivity index (χ1v) is 10.0. The van der Waals surface area contributed by atoms with Gasteiger partial charge in [-0.05, 0) is 24.3 Å². The lowest BCUT2D eigenvalue weighted by Crippen LogP contribution is -2.15. The highest BCUT2D eigenvalue weighted by Crippen LogP contribution is 2.28. The van der Waals surface area contributed by atoms with Crippen LogP contribution in [0, 0.1) is 11.6 Å². The van der Waals surface area contributed by atoms with Gasteiger partial charge in [-0.1, -0.05) is 41.3 Å². The summed E-state index contributed by atoms with van der Waals surface area (Å²) >= 11 is 2.23. The quantitative estimate of drug-likeness (QED) is 0.370. The number of carbonyl (C=O) groups excluding carboxylic acids is 1. The number of hydrogen-bond donors (Lipinski definition) is 2. The summed E-state index contributed by atoms with van der Waals surface area (Å²) in [6.07, 6.45) is 0. The molecule has 2 heterocycles. The maximum Gasteiger partial charge on any atom is 0.271 e. The van der Waals surface area contributed by atoms with Gasteiger partial charge in [0.15, 0.2) is 4.34 Å². The highest BCUT2D eigenvalue weighted by atomic mass is 32.2. The minimum absolute atomic E-state index is 0.0838. The van der Waals surface area contributed by atoms with E-state index in [1.807, 2.05) is 6.07 Å². The highest BCUT2D eigenvalue weighted by Gasteiger charge is 2.19. The van der Waals surface area contributed by atoms with Gasteiger partial charge < -0.3 is 4.98 Å². The number of para-hydroxylation sites is 2. The lowest BCUT2D eigenvalue weighted by atomic mass is 10.2. The van der Waals surface area contributed by atoms with Gasteiger partial charge in [-0.2, -0.15) is 0 Å². The number of anilines is 1. The molecule has 1 amide bonds. The van der Waals surface area contributed by atoms with Gasteiger partial charge in [0.2, 0.25) is 5.13 Å². The SMILES string of the molecule is O=C(Nc1nnc(SCc2nc3ccccc3[nH]c2=O)s1)c1c(F)cccc1F. The summed E-state index contributed by atoms with van der Waals surface area (Å²) in [5.74, 6) is -2.66. The van der Waals surface area contributed by atoms with Crippen LogP contribution in [0.4, 0.5) is 13.9 Å². The number of carbonyl (C=O) groups is 1. The Balaban J connectivity index is 1.45. The summed E-state index contributed by atoms with van der Waals surface area (Å²) in [6, 6.07) is 10.3. The molecule has 0 spiro atoms. The monoisotopic (exact) mass is 431 g/mol. The van der Waals surface area contributed by atoms with Gasteiger partial charge >= 0.3 is 0 Å². The Kier molecular flexibility index (Phi) is 5.32. The topological polar surface area (TPSA) is 101 Å². The van der Waals surface area contributed by atoms with E-state index in [2.05, 4.69) is 25.5 Å². The third-order valence-electron chi connectivity index (χ3n) is 3.82. The Morgan fingerprint density at radius 2 is 1.86 bits per heavy atom. The average molecular weight is 431 g/mol. The van der Waals surface area contributed by atoms with E-state index in [1.165, 1.54) is 17.8 Å². The van der Waals surface area contributed by atoms with Crippen LogP contribution in [0.1, 0.15) is 16.1 Å². The Morgan fingerprint density at radius 3 is 2.66 bits per heavy atom. The second-order valence-corrected chi connectivity index (χ2v) is 7.94. The molecule has 0 aliphatic rings. The first kappa shape index (κ1) is 19.2. The molecule has 0 bridgehead atoms. The van der Waals surface area contributed by atoms with Crippen molar-refractivity contribution < 1.29 is 13.6 Å². The van der Waals surface area contributed by atoms with Gasteiger partial charge in [0.25, 0.3) is 11.5 Å². The first-order valence-electron chi connectivity index (χ1n) is 8.21. The van der Waals surface area contributed by atoms with Crippen molar-refractivity contribution in [2.45, 2.75) is 10.1 Å². The van der Waals surface area contributed by atoms with E-state index in [4.69, 9.17) is 0 Å². The fraction of sp³-hybridized carbons (Fsp3) is 0.0556. The van der Waals surface area contributed by atoms with Gasteiger partial charge in [-0.25, -0.2) is 13.8 Å². The molecule has 0 radical (unpaired) electrons. The van der Waals surface area contributed by atoms with E-state index < -0.39 is 23.1 Å². The van der Waals surface area contributed by atoms with Crippen molar-refractivity contribution in [2.75, 3.05) is 5.32 Å². The summed E-state index contributed by atoms with van der Waals surface area (Å²) in [5, 5.41) is 10.1. The maximum atomic E-state index is 13.7. The molecule has 0 saturated heterocycles. The summed E-state index contributed by atoms with van der Waals surface area (Å²) in [5.41, 5.74) is 0.642. The molecule has 11 heteroatoms. The summed E-state index contributed by atoms with van der Waals surface area (Å²) in [6.45, 7) is 0. The van der Waals surface area contributed by atoms with Crippen molar-refractivity contribution in [3.8, 4) is 0 Å². The number of aromatic amines is 1. The Morgan fingerprint density at radius 1 is 1.10 bits per heavy atom. The van der Waals surface area contributed by atoms with E-state index in [1.54, 1.807) is 18.2 Å². The number of fused-ring (bicyclic) bond motifs is 1. The molecule has 0 unspecified atom stereocenters. The number of amides is 1. The van der Waals surface area contributed by atoms with Crippen LogP contribution in [-0.4, -0.2) is 26.1 Å². The van der Waals surface area contributed by atoms with E-state index in [0.29, 0.717) is 21.1 Å². The number of thioether (sulfide) groups is 1. The smallest absolute Gasteiger partial charge is 0.271 e. The number of nitrogens with zero attached hydrogens (tertiary/aromatic N) is 3. The fourth-order valence-electron chi connectivity index (χ4n) is 2.49. The minimum Gasteiger partial charge on any atom is -0.319 e. The number of rotatable bonds is 5. The van der Waals surface area contributed by atoms with Crippen LogP contribution in [0.25, 0.3) is 11.0 Å². The summed E-state index contributed by atoms with van der Waals surface area (Å²) < 4.78 is 27.8. The molecule has 0 aliphatic carbocycles.